The molecule has 3 aliphatic rings. The van der Waals surface area contributed by atoms with Crippen LogP contribution in [0.3, 0.4) is 0 Å². The van der Waals surface area contributed by atoms with Gasteiger partial charge in [-0.3, -0.25) is 29.0 Å². The molecule has 5 heterocycles. The molecule has 2 atom stereocenters. The van der Waals surface area contributed by atoms with Gasteiger partial charge in [-0.25, -0.2) is 9.78 Å². The molecule has 1 N–H and O–H groups in total. The zero-order valence-corrected chi connectivity index (χ0v) is 18.2. The Balaban J connectivity index is 1.72. The van der Waals surface area contributed by atoms with E-state index in [9.17, 15) is 19.2 Å². The van der Waals surface area contributed by atoms with Crippen LogP contribution in [0.25, 0.3) is 5.65 Å². The van der Waals surface area contributed by atoms with Gasteiger partial charge < -0.3 is 4.90 Å². The number of rotatable bonds is 3. The summed E-state index contributed by atoms with van der Waals surface area (Å²) in [4.78, 5) is 61.2. The number of amides is 4. The van der Waals surface area contributed by atoms with Crippen LogP contribution in [0, 0.1) is 5.41 Å². The lowest BCUT2D eigenvalue weighted by molar-refractivity contribution is -0.153. The summed E-state index contributed by atoms with van der Waals surface area (Å²) >= 11 is 0. The van der Waals surface area contributed by atoms with Crippen LogP contribution < -0.4 is 15.8 Å². The summed E-state index contributed by atoms with van der Waals surface area (Å²) in [5.74, 6) is -0.517. The van der Waals surface area contributed by atoms with Gasteiger partial charge in [0.25, 0.3) is 5.56 Å². The minimum Gasteiger partial charge on any atom is -0.352 e. The van der Waals surface area contributed by atoms with Crippen molar-refractivity contribution in [2.45, 2.75) is 57.9 Å². The van der Waals surface area contributed by atoms with Gasteiger partial charge in [-0.2, -0.15) is 0 Å². The molecule has 32 heavy (non-hydrogen) atoms. The first kappa shape index (κ1) is 20.7. The Kier molecular flexibility index (Phi) is 4.98. The maximum absolute atomic E-state index is 13.9. The molecule has 9 heteroatoms. The number of hydrogen-bond donors (Lipinski definition) is 1. The van der Waals surface area contributed by atoms with Crippen LogP contribution >= 0.6 is 0 Å². The van der Waals surface area contributed by atoms with Crippen molar-refractivity contribution >= 4 is 29.3 Å². The monoisotopic (exact) mass is 437 g/mol. The topological polar surface area (TPSA) is 104 Å². The minimum absolute atomic E-state index is 0.0479. The van der Waals surface area contributed by atoms with Gasteiger partial charge in [0.05, 0.1) is 11.6 Å². The summed E-state index contributed by atoms with van der Waals surface area (Å²) in [6.45, 7) is 2.85. The Morgan fingerprint density at radius 3 is 2.81 bits per heavy atom. The number of nitrogens with one attached hydrogen (secondary N) is 1. The van der Waals surface area contributed by atoms with Crippen molar-refractivity contribution in [1.82, 2.24) is 19.6 Å². The number of fused-ring (bicyclic) bond motifs is 5. The maximum Gasteiger partial charge on any atom is 0.330 e. The van der Waals surface area contributed by atoms with Crippen molar-refractivity contribution in [2.75, 3.05) is 18.0 Å². The predicted octanol–water partition coefficient (Wildman–Crippen LogP) is 1.86. The van der Waals surface area contributed by atoms with Crippen molar-refractivity contribution in [2.24, 2.45) is 5.41 Å². The van der Waals surface area contributed by atoms with Crippen molar-refractivity contribution < 1.29 is 14.4 Å². The first-order valence-corrected chi connectivity index (χ1v) is 11.4. The number of nitrogens with zero attached hydrogens (tertiary/aromatic N) is 4. The Hall–Kier alpha value is -3.23. The second-order valence-corrected chi connectivity index (χ2v) is 8.92. The van der Waals surface area contributed by atoms with E-state index in [2.05, 4.69) is 5.32 Å². The molecule has 2 aromatic rings. The van der Waals surface area contributed by atoms with Gasteiger partial charge in [-0.1, -0.05) is 32.3 Å². The summed E-state index contributed by atoms with van der Waals surface area (Å²) < 4.78 is 1.45. The van der Waals surface area contributed by atoms with E-state index in [1.54, 1.807) is 18.3 Å². The fourth-order valence-corrected chi connectivity index (χ4v) is 5.45. The fraction of sp³-hybridized carbons (Fsp3) is 0.522. The molecule has 4 amide bonds. The zero-order valence-electron chi connectivity index (χ0n) is 18.2. The zero-order chi connectivity index (χ0) is 22.5. The van der Waals surface area contributed by atoms with Crippen LogP contribution in [0.15, 0.2) is 29.2 Å². The summed E-state index contributed by atoms with van der Waals surface area (Å²) in [5.41, 5.74) is -0.886. The number of aromatic nitrogens is 2. The number of carbonyl (C=O) groups is 3. The number of anilines is 1. The van der Waals surface area contributed by atoms with Crippen LogP contribution in [-0.4, -0.2) is 51.3 Å². The van der Waals surface area contributed by atoms with Gasteiger partial charge in [0.15, 0.2) is 5.41 Å². The summed E-state index contributed by atoms with van der Waals surface area (Å²) in [7, 11) is 0. The summed E-state index contributed by atoms with van der Waals surface area (Å²) in [6, 6.07) is 4.24. The first-order chi connectivity index (χ1) is 15.5. The highest BCUT2D eigenvalue weighted by molar-refractivity contribution is 6.20. The third-order valence-corrected chi connectivity index (χ3v) is 7.09. The van der Waals surface area contributed by atoms with E-state index in [0.717, 1.165) is 25.7 Å². The molecule has 0 saturated carbocycles. The standard InChI is InChI=1S/C23H27N5O4/c1-2-3-11-28-21(31)23(20(30)25-22(28)32)14-15-18(26-12-7-4-5-9-16(23)26)24-17-10-6-8-13-27(17)19(15)29/h6,8,10,13,16H,2-5,7,9,11-12,14H2,1H3,(H,25,30,32)/t16-,23+/m1/s1. The smallest absolute Gasteiger partial charge is 0.330 e. The van der Waals surface area contributed by atoms with Crippen molar-refractivity contribution in [1.29, 1.82) is 0 Å². The number of pyridine rings is 1. The third-order valence-electron chi connectivity index (χ3n) is 7.09. The second-order valence-electron chi connectivity index (χ2n) is 8.92. The van der Waals surface area contributed by atoms with Gasteiger partial charge in [0, 0.05) is 25.7 Å². The summed E-state index contributed by atoms with van der Waals surface area (Å²) in [5, 5.41) is 2.44. The van der Waals surface area contributed by atoms with E-state index in [-0.39, 0.29) is 18.5 Å². The lowest BCUT2D eigenvalue weighted by Gasteiger charge is -2.50. The van der Waals surface area contributed by atoms with E-state index < -0.39 is 29.3 Å². The molecule has 2 aromatic heterocycles. The molecule has 3 aliphatic heterocycles. The number of barbiturate groups is 1. The van der Waals surface area contributed by atoms with E-state index in [1.165, 1.54) is 9.30 Å². The highest BCUT2D eigenvalue weighted by Gasteiger charge is 2.62. The molecule has 9 nitrogen and oxygen atoms in total. The van der Waals surface area contributed by atoms with Crippen LogP contribution in [0.4, 0.5) is 10.6 Å². The Bertz CT molecular complexity index is 1170. The average Bonchev–Trinajstić information content (AvgIpc) is 3.05. The Morgan fingerprint density at radius 1 is 1.16 bits per heavy atom. The predicted molar refractivity (Wildman–Crippen MR) is 117 cm³/mol. The van der Waals surface area contributed by atoms with E-state index >= 15 is 0 Å². The average molecular weight is 438 g/mol. The number of hydrogen-bond acceptors (Lipinski definition) is 6. The molecule has 2 fully saturated rings. The van der Waals surface area contributed by atoms with Crippen LogP contribution in [0.5, 0.6) is 0 Å². The van der Waals surface area contributed by atoms with Gasteiger partial charge in [0.2, 0.25) is 11.8 Å². The molecule has 0 aliphatic carbocycles. The highest BCUT2D eigenvalue weighted by Crippen LogP contribution is 2.45. The second kappa shape index (κ2) is 7.72. The number of urea groups is 1. The Morgan fingerprint density at radius 2 is 2.00 bits per heavy atom. The van der Waals surface area contributed by atoms with E-state index in [1.807, 2.05) is 17.9 Å². The van der Waals surface area contributed by atoms with Crippen LogP contribution in [-0.2, 0) is 16.0 Å². The van der Waals surface area contributed by atoms with Gasteiger partial charge in [-0.05, 0) is 31.4 Å². The SMILES string of the molecule is CCCCN1C(=O)NC(=O)[C@@]2(Cc3c(nc4ccccn4c3=O)N3CCCCC[C@@H]32)C1=O. The summed E-state index contributed by atoms with van der Waals surface area (Å²) in [6.07, 6.45) is 6.42. The molecule has 2 saturated heterocycles. The molecule has 0 radical (unpaired) electrons. The first-order valence-electron chi connectivity index (χ1n) is 11.4. The molecule has 5 rings (SSSR count). The van der Waals surface area contributed by atoms with Crippen molar-refractivity contribution in [3.63, 3.8) is 0 Å². The van der Waals surface area contributed by atoms with Crippen molar-refractivity contribution in [3.8, 4) is 0 Å². The van der Waals surface area contributed by atoms with Gasteiger partial charge >= 0.3 is 6.03 Å². The Labute approximate surface area is 185 Å². The highest BCUT2D eigenvalue weighted by atomic mass is 16.2. The number of unbranched alkanes of at least 4 members (excludes halogenated alkanes) is 1. The van der Waals surface area contributed by atoms with Gasteiger partial charge in [-0.15, -0.1) is 0 Å². The number of imide groups is 2. The molecule has 1 spiro atoms. The lowest BCUT2D eigenvalue weighted by Crippen LogP contribution is -2.72. The molecule has 0 bridgehead atoms. The molecule has 0 unspecified atom stereocenters. The van der Waals surface area contributed by atoms with Crippen LogP contribution in [0.2, 0.25) is 0 Å². The number of carbonyl (C=O) groups excluding carboxylic acids is 3. The minimum atomic E-state index is -1.51. The van der Waals surface area contributed by atoms with Gasteiger partial charge in [0.1, 0.15) is 11.5 Å². The molecule has 168 valence electrons. The fourth-order valence-electron chi connectivity index (χ4n) is 5.45. The molecular weight excluding hydrogens is 410 g/mol. The maximum atomic E-state index is 13.9. The molecule has 0 aromatic carbocycles. The largest absolute Gasteiger partial charge is 0.352 e. The normalized spacial score (nSPS) is 25.5. The van der Waals surface area contributed by atoms with Crippen molar-refractivity contribution in [3.05, 3.63) is 40.3 Å². The van der Waals surface area contributed by atoms with E-state index in [0.29, 0.717) is 36.4 Å². The third kappa shape index (κ3) is 2.87. The lowest BCUT2D eigenvalue weighted by atomic mass is 9.68. The molecular formula is C23H27N5O4. The van der Waals surface area contributed by atoms with Crippen LogP contribution in [0.1, 0.15) is 51.0 Å². The van der Waals surface area contributed by atoms with E-state index in [4.69, 9.17) is 4.98 Å². The quantitative estimate of drug-likeness (QED) is 0.735.